The van der Waals surface area contributed by atoms with Crippen LogP contribution >= 0.6 is 0 Å². The molecule has 0 aromatic heterocycles. The minimum absolute atomic E-state index is 0.0481. The fourth-order valence-corrected chi connectivity index (χ4v) is 4.11. The molecule has 8 nitrogen and oxygen atoms in total. The first-order valence-electron chi connectivity index (χ1n) is 11.2. The summed E-state index contributed by atoms with van der Waals surface area (Å²) in [6.07, 6.45) is 3.00. The molecule has 8 heteroatoms. The van der Waals surface area contributed by atoms with E-state index in [4.69, 9.17) is 15.2 Å². The van der Waals surface area contributed by atoms with Crippen LogP contribution in [0, 0.1) is 5.92 Å². The number of fused-ring (bicyclic) bond motifs is 1. The second-order valence-corrected chi connectivity index (χ2v) is 8.46. The molecule has 1 aliphatic carbocycles. The zero-order chi connectivity index (χ0) is 23.8. The molecule has 0 saturated carbocycles. The lowest BCUT2D eigenvalue weighted by molar-refractivity contribution is -0.120. The van der Waals surface area contributed by atoms with Crippen LogP contribution in [0.1, 0.15) is 17.5 Å². The van der Waals surface area contributed by atoms with Crippen LogP contribution in [-0.4, -0.2) is 64.7 Å². The number of nitrogens with zero attached hydrogens (tertiary/aromatic N) is 2. The van der Waals surface area contributed by atoms with E-state index in [-0.39, 0.29) is 11.8 Å². The summed E-state index contributed by atoms with van der Waals surface area (Å²) in [7, 11) is 5.05. The van der Waals surface area contributed by atoms with Crippen LogP contribution in [0.3, 0.4) is 0 Å². The van der Waals surface area contributed by atoms with Crippen molar-refractivity contribution in [1.82, 2.24) is 4.90 Å². The molecule has 0 spiro atoms. The van der Waals surface area contributed by atoms with Gasteiger partial charge in [-0.3, -0.25) is 9.59 Å². The van der Waals surface area contributed by atoms with Gasteiger partial charge in [0.15, 0.2) is 0 Å². The van der Waals surface area contributed by atoms with Crippen LogP contribution in [0.5, 0.6) is 5.75 Å². The second-order valence-electron chi connectivity index (χ2n) is 8.46. The largest absolute Gasteiger partial charge is 0.496 e. The Morgan fingerprint density at radius 1 is 1.15 bits per heavy atom. The summed E-state index contributed by atoms with van der Waals surface area (Å²) in [6, 6.07) is 11.8. The fourth-order valence-electron chi connectivity index (χ4n) is 4.11. The number of benzene rings is 2. The third-order valence-corrected chi connectivity index (χ3v) is 5.93. The van der Waals surface area contributed by atoms with Crippen LogP contribution in [0.2, 0.25) is 0 Å². The maximum atomic E-state index is 12.8. The van der Waals surface area contributed by atoms with E-state index < -0.39 is 0 Å². The highest BCUT2D eigenvalue weighted by atomic mass is 16.5. The van der Waals surface area contributed by atoms with Crippen LogP contribution in [0.4, 0.5) is 17.1 Å². The highest BCUT2D eigenvalue weighted by molar-refractivity contribution is 5.93. The predicted octanol–water partition coefficient (Wildman–Crippen LogP) is 2.56. The first kappa shape index (κ1) is 24.4. The van der Waals surface area contributed by atoms with E-state index in [1.807, 2.05) is 24.3 Å². The maximum Gasteiger partial charge on any atom is 0.227 e. The number of nitrogen functional groups attached to an aromatic ring is 1. The Bertz CT molecular complexity index is 940. The molecule has 0 radical (unpaired) electrons. The molecular weight excluding hydrogens is 420 g/mol. The van der Waals surface area contributed by atoms with E-state index in [1.165, 1.54) is 4.90 Å². The summed E-state index contributed by atoms with van der Waals surface area (Å²) in [6.45, 7) is 3.32. The molecule has 0 bridgehead atoms. The fraction of sp³-hybridized carbons (Fsp3) is 0.440. The number of nitrogens with one attached hydrogen (secondary N) is 1. The van der Waals surface area contributed by atoms with E-state index in [9.17, 15) is 9.59 Å². The molecule has 33 heavy (non-hydrogen) atoms. The molecule has 3 N–H and O–H groups in total. The Balaban J connectivity index is 0.000000555. The first-order valence-corrected chi connectivity index (χ1v) is 11.2. The Hall–Kier alpha value is -3.26. The molecule has 2 aromatic carbocycles. The third-order valence-electron chi connectivity index (χ3n) is 5.93. The molecule has 4 rings (SSSR count). The number of carbonyl (C=O) groups is 2. The number of hydrogen-bond acceptors (Lipinski definition) is 6. The predicted molar refractivity (Wildman–Crippen MR) is 131 cm³/mol. The lowest BCUT2D eigenvalue weighted by atomic mass is 9.82. The van der Waals surface area contributed by atoms with Crippen LogP contribution in [0.25, 0.3) is 0 Å². The van der Waals surface area contributed by atoms with Crippen LogP contribution in [-0.2, 0) is 27.2 Å². The minimum Gasteiger partial charge on any atom is -0.496 e. The quantitative estimate of drug-likeness (QED) is 0.532. The molecule has 1 fully saturated rings. The lowest BCUT2D eigenvalue weighted by Gasteiger charge is -2.29. The molecule has 2 aliphatic rings. The zero-order valence-corrected chi connectivity index (χ0v) is 19.7. The summed E-state index contributed by atoms with van der Waals surface area (Å²) in [4.78, 5) is 26.0. The van der Waals surface area contributed by atoms with Crippen LogP contribution in [0.15, 0.2) is 36.4 Å². The molecule has 2 amide bonds. The van der Waals surface area contributed by atoms with E-state index >= 15 is 0 Å². The van der Waals surface area contributed by atoms with Crippen molar-refractivity contribution in [3.63, 3.8) is 0 Å². The number of nitrogens with two attached hydrogens (primary N) is 1. The average Bonchev–Trinajstić information content (AvgIpc) is 2.85. The maximum absolute atomic E-state index is 12.8. The summed E-state index contributed by atoms with van der Waals surface area (Å²) >= 11 is 0. The van der Waals surface area contributed by atoms with Crippen molar-refractivity contribution in [1.29, 1.82) is 0 Å². The summed E-state index contributed by atoms with van der Waals surface area (Å²) < 4.78 is 10.8. The number of hydrogen-bond donors (Lipinski definition) is 2. The van der Waals surface area contributed by atoms with Crippen molar-refractivity contribution in [2.24, 2.45) is 5.92 Å². The molecule has 1 unspecified atom stereocenters. The van der Waals surface area contributed by atoms with Gasteiger partial charge in [0.25, 0.3) is 0 Å². The van der Waals surface area contributed by atoms with Gasteiger partial charge in [-0.25, -0.2) is 0 Å². The first-order chi connectivity index (χ1) is 15.9. The standard InChI is InChI=1S/C22H27N3O3.C3H7NO/c1-27-21-9-8-20(23)19-14-15(2-7-18(19)21)22(26)24-16-3-5-17(6-4-16)25-10-12-28-13-11-25;1-4(2)3-5/h3-6,8-9,15H,2,7,10-14,23H2,1H3,(H,24,26);3H,1-2H3. The van der Waals surface area contributed by atoms with Gasteiger partial charge in [-0.15, -0.1) is 0 Å². The number of morpholine rings is 1. The molecule has 1 heterocycles. The van der Waals surface area contributed by atoms with E-state index in [0.717, 1.165) is 79.5 Å². The number of rotatable bonds is 5. The van der Waals surface area contributed by atoms with Gasteiger partial charge in [0, 0.05) is 50.2 Å². The number of ether oxygens (including phenoxy) is 2. The van der Waals surface area contributed by atoms with Crippen molar-refractivity contribution in [2.75, 3.05) is 63.5 Å². The smallest absolute Gasteiger partial charge is 0.227 e. The minimum atomic E-state index is -0.0826. The van der Waals surface area contributed by atoms with Crippen molar-refractivity contribution in [2.45, 2.75) is 19.3 Å². The van der Waals surface area contributed by atoms with Crippen molar-refractivity contribution in [3.05, 3.63) is 47.5 Å². The Kier molecular flexibility index (Phi) is 8.54. The van der Waals surface area contributed by atoms with Crippen molar-refractivity contribution < 1.29 is 19.1 Å². The van der Waals surface area contributed by atoms with Gasteiger partial charge in [-0.2, -0.15) is 0 Å². The zero-order valence-electron chi connectivity index (χ0n) is 19.7. The summed E-state index contributed by atoms with van der Waals surface area (Å²) in [5.41, 5.74) is 11.1. The van der Waals surface area contributed by atoms with Gasteiger partial charge in [0.05, 0.1) is 20.3 Å². The third kappa shape index (κ3) is 6.38. The monoisotopic (exact) mass is 454 g/mol. The van der Waals surface area contributed by atoms with Gasteiger partial charge in [0.1, 0.15) is 5.75 Å². The molecule has 2 aromatic rings. The Morgan fingerprint density at radius 3 is 2.42 bits per heavy atom. The molecular formula is C25H34N4O4. The number of carbonyl (C=O) groups excluding carboxylic acids is 2. The summed E-state index contributed by atoms with van der Waals surface area (Å²) in [5, 5.41) is 3.07. The average molecular weight is 455 g/mol. The molecule has 178 valence electrons. The van der Waals surface area contributed by atoms with E-state index in [0.29, 0.717) is 6.42 Å². The van der Waals surface area contributed by atoms with Gasteiger partial charge in [0.2, 0.25) is 12.3 Å². The second kappa shape index (κ2) is 11.6. The van der Waals surface area contributed by atoms with Gasteiger partial charge < -0.3 is 30.3 Å². The molecule has 1 atom stereocenters. The highest BCUT2D eigenvalue weighted by Gasteiger charge is 2.28. The van der Waals surface area contributed by atoms with Gasteiger partial charge in [-0.05, 0) is 66.8 Å². The normalized spacial score (nSPS) is 17.2. The van der Waals surface area contributed by atoms with Crippen molar-refractivity contribution >= 4 is 29.4 Å². The molecule has 1 aliphatic heterocycles. The van der Waals surface area contributed by atoms with E-state index in [2.05, 4.69) is 22.3 Å². The number of anilines is 3. The number of amides is 2. The Morgan fingerprint density at radius 2 is 1.82 bits per heavy atom. The van der Waals surface area contributed by atoms with Crippen LogP contribution < -0.4 is 20.7 Å². The number of methoxy groups -OCH3 is 1. The summed E-state index contributed by atoms with van der Waals surface area (Å²) in [5.74, 6) is 0.828. The Labute approximate surface area is 195 Å². The molecule has 1 saturated heterocycles. The topological polar surface area (TPSA) is 97.1 Å². The van der Waals surface area contributed by atoms with E-state index in [1.54, 1.807) is 21.2 Å². The lowest BCUT2D eigenvalue weighted by Crippen LogP contribution is -2.36. The van der Waals surface area contributed by atoms with Gasteiger partial charge >= 0.3 is 0 Å². The SMILES string of the molecule is CN(C)C=O.COc1ccc(N)c2c1CCC(C(=O)Nc1ccc(N3CCOCC3)cc1)C2. The highest BCUT2D eigenvalue weighted by Crippen LogP contribution is 2.36. The van der Waals surface area contributed by atoms with Crippen molar-refractivity contribution in [3.8, 4) is 5.75 Å². The van der Waals surface area contributed by atoms with Gasteiger partial charge in [-0.1, -0.05) is 0 Å².